The average Bonchev–Trinajstić information content (AvgIpc) is 1.69. The lowest BCUT2D eigenvalue weighted by Crippen LogP contribution is -1.85. The fourth-order valence-electron chi connectivity index (χ4n) is 0. The molecular weight excluding hydrogens is 215 g/mol. The van der Waals surface area contributed by atoms with Crippen molar-refractivity contribution in [2.75, 3.05) is 5.34 Å². The summed E-state index contributed by atoms with van der Waals surface area (Å²) < 4.78 is 0. The monoisotopic (exact) mass is 220 g/mol. The van der Waals surface area contributed by atoms with E-state index in [-0.39, 0.29) is 10.2 Å². The summed E-state index contributed by atoms with van der Waals surface area (Å²) >= 11 is 12.5. The predicted octanol–water partition coefficient (Wildman–Crippen LogP) is 2.39. The van der Waals surface area contributed by atoms with Crippen LogP contribution in [0.2, 0.25) is 0 Å². The molecule has 0 radical (unpaired) electrons. The predicted molar refractivity (Wildman–Crippen MR) is 41.0 cm³/mol. The summed E-state index contributed by atoms with van der Waals surface area (Å²) in [5.74, 6) is 0. The van der Waals surface area contributed by atoms with Crippen molar-refractivity contribution in [1.82, 2.24) is 0 Å². The van der Waals surface area contributed by atoms with Crippen molar-refractivity contribution in [3.8, 4) is 0 Å². The zero-order chi connectivity index (χ0) is 6.99. The van der Waals surface area contributed by atoms with Gasteiger partial charge in [0.2, 0.25) is 0 Å². The van der Waals surface area contributed by atoms with Gasteiger partial charge in [0.05, 0.1) is 10.2 Å². The molecule has 0 rings (SSSR count). The summed E-state index contributed by atoms with van der Waals surface area (Å²) in [6.07, 6.45) is 0.833. The average molecular weight is 222 g/mol. The van der Waals surface area contributed by atoms with E-state index in [1.165, 1.54) is 0 Å². The zero-order valence-corrected chi connectivity index (χ0v) is 7.50. The van der Waals surface area contributed by atoms with E-state index in [2.05, 4.69) is 15.9 Å². The second-order valence-electron chi connectivity index (χ2n) is 0.915. The molecule has 0 aliphatic heterocycles. The Morgan fingerprint density at radius 3 is 1.88 bits per heavy atom. The summed E-state index contributed by atoms with van der Waals surface area (Å²) in [6, 6.07) is 0. The van der Waals surface area contributed by atoms with Crippen molar-refractivity contribution >= 4 is 45.4 Å². The van der Waals surface area contributed by atoms with Crippen LogP contribution in [-0.4, -0.2) is 16.5 Å². The second kappa shape index (κ2) is 10.7. The van der Waals surface area contributed by atoms with Gasteiger partial charge in [0, 0.05) is 0 Å². The van der Waals surface area contributed by atoms with Gasteiger partial charge in [-0.25, -0.2) is 0 Å². The van der Waals surface area contributed by atoms with Crippen molar-refractivity contribution in [2.45, 2.75) is 11.8 Å². The van der Waals surface area contributed by atoms with Crippen molar-refractivity contribution in [3.05, 3.63) is 0 Å². The normalized spacial score (nSPS) is 11.0. The van der Waals surface area contributed by atoms with Crippen LogP contribution in [0.3, 0.4) is 0 Å². The van der Waals surface area contributed by atoms with Gasteiger partial charge in [-0.05, 0) is 6.92 Å². The molecule has 0 aromatic heterocycles. The van der Waals surface area contributed by atoms with Gasteiger partial charge < -0.3 is 4.79 Å². The molecular formula is C4H7BrCl2O. The van der Waals surface area contributed by atoms with Crippen molar-refractivity contribution in [3.63, 3.8) is 0 Å². The third-order valence-corrected chi connectivity index (χ3v) is 0.403. The Hall–Kier alpha value is 0.730. The molecule has 1 atom stereocenters. The number of aldehydes is 1. The van der Waals surface area contributed by atoms with Crippen molar-refractivity contribution < 1.29 is 4.79 Å². The van der Waals surface area contributed by atoms with Crippen LogP contribution in [0.4, 0.5) is 0 Å². The largest absolute Gasteiger partial charge is 0.302 e. The van der Waals surface area contributed by atoms with Gasteiger partial charge in [0.25, 0.3) is 0 Å². The van der Waals surface area contributed by atoms with E-state index >= 15 is 0 Å². The number of halogens is 3. The maximum absolute atomic E-state index is 9.46. The highest BCUT2D eigenvalue weighted by atomic mass is 79.9. The second-order valence-corrected chi connectivity index (χ2v) is 3.17. The topological polar surface area (TPSA) is 17.1 Å². The first kappa shape index (κ1) is 11.5. The van der Waals surface area contributed by atoms with Gasteiger partial charge in [-0.15, -0.1) is 23.2 Å². The summed E-state index contributed by atoms with van der Waals surface area (Å²) in [5, 5.41) is 0.194. The summed E-state index contributed by atoms with van der Waals surface area (Å²) in [4.78, 5) is 9.47. The number of carbonyl (C=O) groups is 1. The van der Waals surface area contributed by atoms with Gasteiger partial charge in [-0.2, -0.15) is 0 Å². The van der Waals surface area contributed by atoms with E-state index in [0.717, 1.165) is 6.29 Å². The van der Waals surface area contributed by atoms with Crippen LogP contribution in [0.1, 0.15) is 6.92 Å². The van der Waals surface area contributed by atoms with Crippen LogP contribution in [0.5, 0.6) is 0 Å². The third kappa shape index (κ3) is 29.6. The fraction of sp³-hybridized carbons (Fsp3) is 0.750. The highest BCUT2D eigenvalue weighted by Gasteiger charge is 1.82. The van der Waals surface area contributed by atoms with Crippen LogP contribution in [0.15, 0.2) is 0 Å². The molecule has 1 nitrogen and oxygen atoms in total. The summed E-state index contributed by atoms with van der Waals surface area (Å²) in [5.41, 5.74) is 0. The molecule has 8 heavy (non-hydrogen) atoms. The van der Waals surface area contributed by atoms with Gasteiger partial charge in [0.15, 0.2) is 0 Å². The quantitative estimate of drug-likeness (QED) is 0.491. The van der Waals surface area contributed by atoms with Gasteiger partial charge in [-0.1, -0.05) is 15.9 Å². The van der Waals surface area contributed by atoms with Crippen LogP contribution >= 0.6 is 39.1 Å². The van der Waals surface area contributed by atoms with E-state index in [4.69, 9.17) is 23.2 Å². The number of carbonyl (C=O) groups excluding carboxylic acids is 1. The molecule has 0 fully saturated rings. The van der Waals surface area contributed by atoms with Crippen LogP contribution in [0, 0.1) is 0 Å². The molecule has 4 heteroatoms. The number of hydrogen-bond acceptors (Lipinski definition) is 1. The lowest BCUT2D eigenvalue weighted by molar-refractivity contribution is -0.107. The van der Waals surface area contributed by atoms with Crippen molar-refractivity contribution in [1.29, 1.82) is 0 Å². The minimum atomic E-state index is 0.0162. The van der Waals surface area contributed by atoms with E-state index < -0.39 is 0 Å². The maximum Gasteiger partial charge on any atom is 0.133 e. The molecule has 50 valence electrons. The molecule has 0 saturated carbocycles. The van der Waals surface area contributed by atoms with Crippen LogP contribution < -0.4 is 0 Å². The van der Waals surface area contributed by atoms with Gasteiger partial charge in [-0.3, -0.25) is 0 Å². The summed E-state index contributed by atoms with van der Waals surface area (Å²) in [7, 11) is 0. The van der Waals surface area contributed by atoms with Crippen LogP contribution in [0.25, 0.3) is 0 Å². The molecule has 0 spiro atoms. The molecule has 0 aromatic carbocycles. The third-order valence-electron chi connectivity index (χ3n) is 0.188. The molecule has 0 saturated heterocycles. The molecule has 0 N–H and O–H groups in total. The molecule has 0 aromatic rings. The fourth-order valence-corrected chi connectivity index (χ4v) is 0. The minimum Gasteiger partial charge on any atom is -0.302 e. The molecule has 0 amide bonds. The van der Waals surface area contributed by atoms with E-state index in [1.54, 1.807) is 6.92 Å². The Morgan fingerprint density at radius 2 is 1.88 bits per heavy atom. The lowest BCUT2D eigenvalue weighted by Gasteiger charge is -1.76. The Balaban J connectivity index is 0. The first-order valence-electron chi connectivity index (χ1n) is 1.90. The Bertz CT molecular complexity index is 49.3. The highest BCUT2D eigenvalue weighted by molar-refractivity contribution is 9.09. The lowest BCUT2D eigenvalue weighted by atomic mass is 10.6. The first-order valence-corrected chi connectivity index (χ1v) is 3.88. The molecule has 0 bridgehead atoms. The zero-order valence-electron chi connectivity index (χ0n) is 4.40. The smallest absolute Gasteiger partial charge is 0.133 e. The number of rotatable bonds is 1. The standard InChI is InChI=1S/C3H5BrO.CH2Cl2/c1-3(4)2-5;2-1-3/h2-3H,1H3;1H2. The Morgan fingerprint density at radius 1 is 1.75 bits per heavy atom. The van der Waals surface area contributed by atoms with E-state index in [9.17, 15) is 4.79 Å². The number of alkyl halides is 3. The van der Waals surface area contributed by atoms with E-state index in [1.807, 2.05) is 0 Å². The first-order chi connectivity index (χ1) is 3.68. The Labute approximate surface area is 67.5 Å². The van der Waals surface area contributed by atoms with Crippen molar-refractivity contribution in [2.24, 2.45) is 0 Å². The summed E-state index contributed by atoms with van der Waals surface area (Å²) in [6.45, 7) is 1.77. The molecule has 0 aliphatic carbocycles. The van der Waals surface area contributed by atoms with Gasteiger partial charge >= 0.3 is 0 Å². The van der Waals surface area contributed by atoms with Gasteiger partial charge in [0.1, 0.15) is 6.29 Å². The SMILES string of the molecule is CC(Br)C=O.ClCCl. The number of hydrogen-bond donors (Lipinski definition) is 0. The molecule has 0 aliphatic rings. The van der Waals surface area contributed by atoms with Crippen LogP contribution in [-0.2, 0) is 4.79 Å². The Kier molecular flexibility index (Phi) is 15.4. The van der Waals surface area contributed by atoms with E-state index in [0.29, 0.717) is 0 Å². The minimum absolute atomic E-state index is 0.0162. The highest BCUT2D eigenvalue weighted by Crippen LogP contribution is 1.87. The molecule has 0 heterocycles. The molecule has 1 unspecified atom stereocenters. The maximum atomic E-state index is 9.46.